The summed E-state index contributed by atoms with van der Waals surface area (Å²) in [7, 11) is 0. The average molecular weight is 178 g/mol. The van der Waals surface area contributed by atoms with Crippen molar-refractivity contribution in [2.45, 2.75) is 6.04 Å². The third kappa shape index (κ3) is 2.29. The molecule has 0 bridgehead atoms. The van der Waals surface area contributed by atoms with Crippen LogP contribution in [0.2, 0.25) is 0 Å². The van der Waals surface area contributed by atoms with E-state index in [2.05, 4.69) is 18.2 Å². The quantitative estimate of drug-likeness (QED) is 0.654. The Morgan fingerprint density at radius 2 is 2.46 bits per heavy atom. The highest BCUT2D eigenvalue weighted by molar-refractivity contribution is 5.97. The fourth-order valence-corrected chi connectivity index (χ4v) is 1.05. The van der Waals surface area contributed by atoms with Crippen LogP contribution in [0.4, 0.5) is 0 Å². The van der Waals surface area contributed by atoms with Crippen molar-refractivity contribution in [3.8, 4) is 0 Å². The Balaban J connectivity index is 2.77. The van der Waals surface area contributed by atoms with Crippen LogP contribution < -0.4 is 5.73 Å². The molecule has 0 radical (unpaired) electrons. The number of rotatable bonds is 4. The highest BCUT2D eigenvalue weighted by Gasteiger charge is 2.18. The van der Waals surface area contributed by atoms with Gasteiger partial charge >= 0.3 is 0 Å². The molecule has 1 aliphatic rings. The van der Waals surface area contributed by atoms with Gasteiger partial charge in [0.05, 0.1) is 0 Å². The molecule has 0 aromatic carbocycles. The van der Waals surface area contributed by atoms with Gasteiger partial charge in [-0.15, -0.1) is 0 Å². The first-order valence-corrected chi connectivity index (χ1v) is 4.18. The standard InChI is InChI=1S/C10H14N2O/c1-3-5-8(4-2)10-12-9(6-11)7-13-10/h3-5,9H,1-2,6-7,11H2/b8-5+. The minimum absolute atomic E-state index is 0.0863. The van der Waals surface area contributed by atoms with E-state index in [9.17, 15) is 0 Å². The van der Waals surface area contributed by atoms with Crippen LogP contribution in [0, 0.1) is 0 Å². The summed E-state index contributed by atoms with van der Waals surface area (Å²) in [6.07, 6.45) is 5.18. The van der Waals surface area contributed by atoms with Gasteiger partial charge in [0.25, 0.3) is 0 Å². The highest BCUT2D eigenvalue weighted by Crippen LogP contribution is 2.11. The molecular weight excluding hydrogens is 164 g/mol. The smallest absolute Gasteiger partial charge is 0.216 e. The largest absolute Gasteiger partial charge is 0.475 e. The highest BCUT2D eigenvalue weighted by atomic mass is 16.5. The Kier molecular flexibility index (Phi) is 3.46. The molecule has 0 fully saturated rings. The summed E-state index contributed by atoms with van der Waals surface area (Å²) >= 11 is 0. The van der Waals surface area contributed by atoms with Gasteiger partial charge in [0, 0.05) is 12.1 Å². The number of allylic oxidation sites excluding steroid dienone is 2. The third-order valence-corrected chi connectivity index (χ3v) is 1.75. The van der Waals surface area contributed by atoms with E-state index in [0.717, 1.165) is 5.57 Å². The van der Waals surface area contributed by atoms with Gasteiger partial charge in [-0.2, -0.15) is 0 Å². The second-order valence-electron chi connectivity index (χ2n) is 2.70. The monoisotopic (exact) mass is 178 g/mol. The zero-order chi connectivity index (χ0) is 9.68. The van der Waals surface area contributed by atoms with Crippen LogP contribution in [-0.2, 0) is 4.74 Å². The third-order valence-electron chi connectivity index (χ3n) is 1.75. The lowest BCUT2D eigenvalue weighted by Gasteiger charge is -1.99. The summed E-state index contributed by atoms with van der Waals surface area (Å²) in [5.74, 6) is 0.616. The van der Waals surface area contributed by atoms with E-state index in [1.54, 1.807) is 12.2 Å². The van der Waals surface area contributed by atoms with Gasteiger partial charge in [-0.05, 0) is 0 Å². The molecule has 1 aliphatic heterocycles. The van der Waals surface area contributed by atoms with E-state index >= 15 is 0 Å². The molecule has 70 valence electrons. The molecule has 0 amide bonds. The Morgan fingerprint density at radius 1 is 1.69 bits per heavy atom. The SMILES string of the molecule is C=C/C=C(\C=C)C1=NC(CN)CO1. The van der Waals surface area contributed by atoms with Crippen molar-refractivity contribution in [3.63, 3.8) is 0 Å². The van der Waals surface area contributed by atoms with Crippen molar-refractivity contribution in [1.82, 2.24) is 0 Å². The predicted octanol–water partition coefficient (Wildman–Crippen LogP) is 1.04. The van der Waals surface area contributed by atoms with Crippen molar-refractivity contribution in [2.75, 3.05) is 13.2 Å². The van der Waals surface area contributed by atoms with Crippen LogP contribution >= 0.6 is 0 Å². The Bertz CT molecular complexity index is 266. The van der Waals surface area contributed by atoms with E-state index in [1.807, 2.05) is 6.08 Å². The van der Waals surface area contributed by atoms with Gasteiger partial charge < -0.3 is 10.5 Å². The number of aliphatic imine (C=N–C) groups is 1. The molecule has 2 N–H and O–H groups in total. The fourth-order valence-electron chi connectivity index (χ4n) is 1.05. The van der Waals surface area contributed by atoms with E-state index in [-0.39, 0.29) is 6.04 Å². The minimum Gasteiger partial charge on any atom is -0.475 e. The molecule has 1 rings (SSSR count). The fraction of sp³-hybridized carbons (Fsp3) is 0.300. The van der Waals surface area contributed by atoms with Crippen molar-refractivity contribution >= 4 is 5.90 Å². The Labute approximate surface area is 78.3 Å². The van der Waals surface area contributed by atoms with E-state index < -0.39 is 0 Å². The second kappa shape index (κ2) is 4.62. The van der Waals surface area contributed by atoms with Crippen LogP contribution in [0.25, 0.3) is 0 Å². The average Bonchev–Trinajstić information content (AvgIpc) is 2.62. The lowest BCUT2D eigenvalue weighted by atomic mass is 10.2. The lowest BCUT2D eigenvalue weighted by Crippen LogP contribution is -2.18. The van der Waals surface area contributed by atoms with Crippen molar-refractivity contribution in [3.05, 3.63) is 37.0 Å². The van der Waals surface area contributed by atoms with Crippen molar-refractivity contribution in [1.29, 1.82) is 0 Å². The summed E-state index contributed by atoms with van der Waals surface area (Å²) in [6.45, 7) is 8.35. The van der Waals surface area contributed by atoms with Gasteiger partial charge in [-0.25, -0.2) is 4.99 Å². The second-order valence-corrected chi connectivity index (χ2v) is 2.70. The molecule has 0 aromatic heterocycles. The van der Waals surface area contributed by atoms with Gasteiger partial charge in [0.2, 0.25) is 5.90 Å². The summed E-state index contributed by atoms with van der Waals surface area (Å²) < 4.78 is 5.34. The van der Waals surface area contributed by atoms with E-state index in [1.165, 1.54) is 0 Å². The summed E-state index contributed by atoms with van der Waals surface area (Å²) in [5.41, 5.74) is 6.31. The Hall–Kier alpha value is -1.35. The Morgan fingerprint density at radius 3 is 2.92 bits per heavy atom. The summed E-state index contributed by atoms with van der Waals surface area (Å²) in [5, 5.41) is 0. The number of ether oxygens (including phenoxy) is 1. The van der Waals surface area contributed by atoms with Gasteiger partial charge in [0.1, 0.15) is 12.6 Å². The van der Waals surface area contributed by atoms with E-state index in [4.69, 9.17) is 10.5 Å². The number of hydrogen-bond donors (Lipinski definition) is 1. The first-order chi connectivity index (χ1) is 6.31. The molecule has 1 atom stereocenters. The maximum absolute atomic E-state index is 5.46. The van der Waals surface area contributed by atoms with Gasteiger partial charge in [-0.3, -0.25) is 0 Å². The maximum Gasteiger partial charge on any atom is 0.216 e. The number of nitrogens with zero attached hydrogens (tertiary/aromatic N) is 1. The number of nitrogens with two attached hydrogens (primary N) is 1. The topological polar surface area (TPSA) is 47.6 Å². The minimum atomic E-state index is 0.0863. The van der Waals surface area contributed by atoms with Gasteiger partial charge in [0.15, 0.2) is 0 Å². The zero-order valence-electron chi connectivity index (χ0n) is 7.57. The molecule has 1 heterocycles. The molecule has 3 nitrogen and oxygen atoms in total. The van der Waals surface area contributed by atoms with Crippen LogP contribution in [-0.4, -0.2) is 25.1 Å². The molecule has 0 aliphatic carbocycles. The molecule has 13 heavy (non-hydrogen) atoms. The molecular formula is C10H14N2O. The maximum atomic E-state index is 5.46. The lowest BCUT2D eigenvalue weighted by molar-refractivity contribution is 0.319. The normalized spacial score (nSPS) is 22.1. The molecule has 0 aromatic rings. The van der Waals surface area contributed by atoms with Crippen LogP contribution in [0.1, 0.15) is 0 Å². The first-order valence-electron chi connectivity index (χ1n) is 4.18. The zero-order valence-corrected chi connectivity index (χ0v) is 7.57. The summed E-state index contributed by atoms with van der Waals surface area (Å²) in [4.78, 5) is 4.28. The van der Waals surface area contributed by atoms with Crippen LogP contribution in [0.3, 0.4) is 0 Å². The number of hydrogen-bond acceptors (Lipinski definition) is 3. The predicted molar refractivity (Wildman–Crippen MR) is 54.7 cm³/mol. The van der Waals surface area contributed by atoms with Crippen molar-refractivity contribution in [2.24, 2.45) is 10.7 Å². The molecule has 1 unspecified atom stereocenters. The van der Waals surface area contributed by atoms with E-state index in [0.29, 0.717) is 19.0 Å². The van der Waals surface area contributed by atoms with Crippen LogP contribution in [0.5, 0.6) is 0 Å². The molecule has 0 saturated carbocycles. The molecule has 3 heteroatoms. The summed E-state index contributed by atoms with van der Waals surface area (Å²) in [6, 6.07) is 0.0863. The molecule has 0 saturated heterocycles. The first kappa shape index (κ1) is 9.74. The van der Waals surface area contributed by atoms with Gasteiger partial charge in [-0.1, -0.05) is 31.4 Å². The molecule has 0 spiro atoms. The van der Waals surface area contributed by atoms with Crippen LogP contribution in [0.15, 0.2) is 42.0 Å². The van der Waals surface area contributed by atoms with Crippen molar-refractivity contribution < 1.29 is 4.74 Å².